The van der Waals surface area contributed by atoms with Crippen molar-refractivity contribution in [2.45, 2.75) is 46.5 Å². The summed E-state index contributed by atoms with van der Waals surface area (Å²) in [6.45, 7) is 10.7. The van der Waals surface area contributed by atoms with E-state index in [1.807, 2.05) is 0 Å². The molecule has 0 aliphatic rings. The standard InChI is InChI=1S/C15H22/c1-5-6-7-12(2)11-15-9-8-13(3)10-14(15)4/h8-10H,2,5-7,11H2,1,3-4H3. The molecule has 0 spiro atoms. The molecule has 0 saturated carbocycles. The zero-order chi connectivity index (χ0) is 11.3. The minimum Gasteiger partial charge on any atom is -0.0995 e. The SMILES string of the molecule is C=C(CCCC)Cc1ccc(C)cc1C. The van der Waals surface area contributed by atoms with Crippen LogP contribution in [0.15, 0.2) is 30.4 Å². The lowest BCUT2D eigenvalue weighted by Crippen LogP contribution is -1.93. The zero-order valence-corrected chi connectivity index (χ0v) is 10.3. The smallest absolute Gasteiger partial charge is 0.00672 e. The lowest BCUT2D eigenvalue weighted by atomic mass is 9.97. The van der Waals surface area contributed by atoms with Crippen LogP contribution in [0.25, 0.3) is 0 Å². The molecule has 0 nitrogen and oxygen atoms in total. The molecule has 0 aliphatic carbocycles. The zero-order valence-electron chi connectivity index (χ0n) is 10.3. The summed E-state index contributed by atoms with van der Waals surface area (Å²) in [5.41, 5.74) is 5.54. The molecule has 0 N–H and O–H groups in total. The Morgan fingerprint density at radius 1 is 1.27 bits per heavy atom. The first kappa shape index (κ1) is 12.0. The molecule has 0 atom stereocenters. The van der Waals surface area contributed by atoms with Crippen molar-refractivity contribution in [1.82, 2.24) is 0 Å². The number of hydrogen-bond donors (Lipinski definition) is 0. The lowest BCUT2D eigenvalue weighted by molar-refractivity contribution is 0.773. The fraction of sp³-hybridized carbons (Fsp3) is 0.467. The second kappa shape index (κ2) is 5.75. The largest absolute Gasteiger partial charge is 0.0995 e. The van der Waals surface area contributed by atoms with Gasteiger partial charge in [-0.2, -0.15) is 0 Å². The van der Waals surface area contributed by atoms with E-state index < -0.39 is 0 Å². The first-order chi connectivity index (χ1) is 7.13. The molecule has 0 fully saturated rings. The molecular formula is C15H22. The van der Waals surface area contributed by atoms with Crippen molar-refractivity contribution in [2.75, 3.05) is 0 Å². The molecule has 15 heavy (non-hydrogen) atoms. The summed E-state index contributed by atoms with van der Waals surface area (Å²) in [6, 6.07) is 6.68. The molecule has 0 heterocycles. The van der Waals surface area contributed by atoms with Crippen molar-refractivity contribution in [3.63, 3.8) is 0 Å². The van der Waals surface area contributed by atoms with Crippen LogP contribution in [0.3, 0.4) is 0 Å². The van der Waals surface area contributed by atoms with Gasteiger partial charge in [-0.05, 0) is 44.2 Å². The van der Waals surface area contributed by atoms with Gasteiger partial charge in [-0.25, -0.2) is 0 Å². The highest BCUT2D eigenvalue weighted by Gasteiger charge is 2.01. The third-order valence-electron chi connectivity index (χ3n) is 2.82. The topological polar surface area (TPSA) is 0 Å². The van der Waals surface area contributed by atoms with E-state index in [0.29, 0.717) is 0 Å². The van der Waals surface area contributed by atoms with E-state index >= 15 is 0 Å². The van der Waals surface area contributed by atoms with Crippen molar-refractivity contribution in [3.05, 3.63) is 47.0 Å². The number of aryl methyl sites for hydroxylation is 2. The van der Waals surface area contributed by atoms with E-state index in [1.54, 1.807) is 0 Å². The van der Waals surface area contributed by atoms with Gasteiger partial charge >= 0.3 is 0 Å². The van der Waals surface area contributed by atoms with Gasteiger partial charge in [0.2, 0.25) is 0 Å². The maximum Gasteiger partial charge on any atom is -0.00672 e. The summed E-state index contributed by atoms with van der Waals surface area (Å²) < 4.78 is 0. The Bertz CT molecular complexity index is 334. The molecule has 0 bridgehead atoms. The first-order valence-electron chi connectivity index (χ1n) is 5.86. The molecular weight excluding hydrogens is 180 g/mol. The van der Waals surface area contributed by atoms with E-state index in [9.17, 15) is 0 Å². The third kappa shape index (κ3) is 3.91. The number of benzene rings is 1. The highest BCUT2D eigenvalue weighted by molar-refractivity contribution is 5.32. The van der Waals surface area contributed by atoms with Gasteiger partial charge < -0.3 is 0 Å². The van der Waals surface area contributed by atoms with Crippen LogP contribution in [0.5, 0.6) is 0 Å². The fourth-order valence-electron chi connectivity index (χ4n) is 1.83. The van der Waals surface area contributed by atoms with Gasteiger partial charge in [0.25, 0.3) is 0 Å². The summed E-state index contributed by atoms with van der Waals surface area (Å²) in [5, 5.41) is 0. The minimum absolute atomic E-state index is 1.05. The highest BCUT2D eigenvalue weighted by Crippen LogP contribution is 2.17. The normalized spacial score (nSPS) is 10.3. The summed E-state index contributed by atoms with van der Waals surface area (Å²) in [5.74, 6) is 0. The van der Waals surface area contributed by atoms with Crippen LogP contribution in [0, 0.1) is 13.8 Å². The molecule has 0 heteroatoms. The van der Waals surface area contributed by atoms with Crippen LogP contribution in [-0.4, -0.2) is 0 Å². The minimum atomic E-state index is 1.05. The van der Waals surface area contributed by atoms with E-state index in [1.165, 1.54) is 41.5 Å². The molecule has 1 aromatic rings. The molecule has 1 rings (SSSR count). The highest BCUT2D eigenvalue weighted by atomic mass is 14.1. The first-order valence-corrected chi connectivity index (χ1v) is 5.86. The summed E-state index contributed by atoms with van der Waals surface area (Å²) in [7, 11) is 0. The molecule has 1 aromatic carbocycles. The Kier molecular flexibility index (Phi) is 4.61. The summed E-state index contributed by atoms with van der Waals surface area (Å²) in [6.07, 6.45) is 4.74. The van der Waals surface area contributed by atoms with Crippen molar-refractivity contribution in [1.29, 1.82) is 0 Å². The van der Waals surface area contributed by atoms with E-state index in [2.05, 4.69) is 45.5 Å². The molecule has 0 aromatic heterocycles. The van der Waals surface area contributed by atoms with E-state index in [0.717, 1.165) is 6.42 Å². The Morgan fingerprint density at radius 3 is 2.60 bits per heavy atom. The van der Waals surface area contributed by atoms with Crippen molar-refractivity contribution < 1.29 is 0 Å². The van der Waals surface area contributed by atoms with Crippen LogP contribution >= 0.6 is 0 Å². The van der Waals surface area contributed by atoms with Crippen LogP contribution in [0.1, 0.15) is 42.9 Å². The van der Waals surface area contributed by atoms with Crippen LogP contribution in [-0.2, 0) is 6.42 Å². The Balaban J connectivity index is 2.60. The van der Waals surface area contributed by atoms with Gasteiger partial charge in [0.15, 0.2) is 0 Å². The quantitative estimate of drug-likeness (QED) is 0.612. The van der Waals surface area contributed by atoms with Crippen LogP contribution < -0.4 is 0 Å². The van der Waals surface area contributed by atoms with Gasteiger partial charge in [-0.15, -0.1) is 0 Å². The maximum absolute atomic E-state index is 4.15. The van der Waals surface area contributed by atoms with Gasteiger partial charge in [-0.3, -0.25) is 0 Å². The number of hydrogen-bond acceptors (Lipinski definition) is 0. The molecule has 0 unspecified atom stereocenters. The number of rotatable bonds is 5. The van der Waals surface area contributed by atoms with Crippen molar-refractivity contribution >= 4 is 0 Å². The molecule has 0 saturated heterocycles. The van der Waals surface area contributed by atoms with E-state index in [-0.39, 0.29) is 0 Å². The molecule has 0 aliphatic heterocycles. The maximum atomic E-state index is 4.15. The summed E-state index contributed by atoms with van der Waals surface area (Å²) in [4.78, 5) is 0. The van der Waals surface area contributed by atoms with Crippen LogP contribution in [0.4, 0.5) is 0 Å². The Labute approximate surface area is 94.0 Å². The van der Waals surface area contributed by atoms with Gasteiger partial charge in [-0.1, -0.05) is 49.3 Å². The predicted octanol–water partition coefficient (Wildman–Crippen LogP) is 4.59. The van der Waals surface area contributed by atoms with Gasteiger partial charge in [0.05, 0.1) is 0 Å². The van der Waals surface area contributed by atoms with E-state index in [4.69, 9.17) is 0 Å². The number of allylic oxidation sites excluding steroid dienone is 1. The summed E-state index contributed by atoms with van der Waals surface area (Å²) >= 11 is 0. The van der Waals surface area contributed by atoms with Gasteiger partial charge in [0.1, 0.15) is 0 Å². The lowest BCUT2D eigenvalue weighted by Gasteiger charge is -2.09. The second-order valence-electron chi connectivity index (χ2n) is 4.46. The van der Waals surface area contributed by atoms with Crippen molar-refractivity contribution in [2.24, 2.45) is 0 Å². The Morgan fingerprint density at radius 2 is 2.00 bits per heavy atom. The molecule has 82 valence electrons. The average Bonchev–Trinajstić information content (AvgIpc) is 2.19. The number of unbranched alkanes of at least 4 members (excludes halogenated alkanes) is 1. The molecule has 0 radical (unpaired) electrons. The van der Waals surface area contributed by atoms with Crippen molar-refractivity contribution in [3.8, 4) is 0 Å². The van der Waals surface area contributed by atoms with Gasteiger partial charge in [0, 0.05) is 0 Å². The third-order valence-corrected chi connectivity index (χ3v) is 2.82. The molecule has 0 amide bonds. The Hall–Kier alpha value is -1.04. The predicted molar refractivity (Wildman–Crippen MR) is 68.3 cm³/mol. The second-order valence-corrected chi connectivity index (χ2v) is 4.46. The monoisotopic (exact) mass is 202 g/mol. The fourth-order valence-corrected chi connectivity index (χ4v) is 1.83. The average molecular weight is 202 g/mol. The van der Waals surface area contributed by atoms with Crippen LogP contribution in [0.2, 0.25) is 0 Å².